The Bertz CT molecular complexity index is 699. The summed E-state index contributed by atoms with van der Waals surface area (Å²) in [6, 6.07) is 16.9. The van der Waals surface area contributed by atoms with Gasteiger partial charge in [-0.1, -0.05) is 36.4 Å². The minimum atomic E-state index is -0.332. The fraction of sp³-hybridized carbons (Fsp3) is 0.455. The summed E-state index contributed by atoms with van der Waals surface area (Å²) in [5.41, 5.74) is 3.04. The van der Waals surface area contributed by atoms with Gasteiger partial charge in [-0.15, -0.1) is 10.3 Å². The molecule has 0 saturated carbocycles. The van der Waals surface area contributed by atoms with Crippen LogP contribution in [0.2, 0.25) is 0 Å². The second-order valence-electron chi connectivity index (χ2n) is 8.37. The Kier molecular flexibility index (Phi) is 4.65. The third-order valence-corrected chi connectivity index (χ3v) is 5.40. The molecule has 0 aliphatic carbocycles. The lowest BCUT2D eigenvalue weighted by Crippen LogP contribution is -2.57. The summed E-state index contributed by atoms with van der Waals surface area (Å²) in [5.74, 6) is 1.29. The molecule has 3 heteroatoms. The van der Waals surface area contributed by atoms with Crippen LogP contribution in [0.5, 0.6) is 5.75 Å². The molecule has 133 valence electrons. The standard InChI is InChI=1S/C22H28NO2/c1-21(2)14-19(15-22(3,4)23(21)24)18-8-6-16(7-9-18)17-10-12-20(25-5)13-11-17/h6-13,19H,14-15H2,1-5H3. The molecule has 1 aliphatic rings. The number of benzene rings is 2. The highest BCUT2D eigenvalue weighted by Crippen LogP contribution is 2.44. The van der Waals surface area contributed by atoms with Crippen LogP contribution in [0.3, 0.4) is 0 Å². The van der Waals surface area contributed by atoms with E-state index in [-0.39, 0.29) is 11.1 Å². The Morgan fingerprint density at radius 2 is 1.28 bits per heavy atom. The molecule has 0 unspecified atom stereocenters. The van der Waals surface area contributed by atoms with Gasteiger partial charge in [-0.2, -0.15) is 0 Å². The van der Waals surface area contributed by atoms with Gasteiger partial charge >= 0.3 is 0 Å². The topological polar surface area (TPSA) is 32.4 Å². The molecule has 2 aromatic rings. The maximum Gasteiger partial charge on any atom is 0.118 e. The summed E-state index contributed by atoms with van der Waals surface area (Å²) in [5, 5.41) is 13.8. The third-order valence-electron chi connectivity index (χ3n) is 5.40. The van der Waals surface area contributed by atoms with Crippen LogP contribution in [0, 0.1) is 0 Å². The molecule has 3 rings (SSSR count). The summed E-state index contributed by atoms with van der Waals surface area (Å²) in [7, 11) is 1.68. The first-order valence-corrected chi connectivity index (χ1v) is 8.95. The van der Waals surface area contributed by atoms with Crippen LogP contribution in [0.15, 0.2) is 48.5 Å². The summed E-state index contributed by atoms with van der Waals surface area (Å²) >= 11 is 0. The fourth-order valence-electron chi connectivity index (χ4n) is 4.23. The van der Waals surface area contributed by atoms with E-state index < -0.39 is 0 Å². The highest BCUT2D eigenvalue weighted by Gasteiger charge is 2.46. The van der Waals surface area contributed by atoms with Crippen molar-refractivity contribution in [2.75, 3.05) is 7.11 Å². The number of piperidine rings is 1. The normalized spacial score (nSPS) is 20.4. The molecule has 1 fully saturated rings. The first-order valence-electron chi connectivity index (χ1n) is 8.95. The molecule has 1 aliphatic heterocycles. The molecule has 0 bridgehead atoms. The van der Waals surface area contributed by atoms with Gasteiger partial charge in [0.1, 0.15) is 5.75 Å². The molecule has 1 radical (unpaired) electrons. The minimum absolute atomic E-state index is 0.332. The van der Waals surface area contributed by atoms with Gasteiger partial charge in [0.2, 0.25) is 0 Å². The van der Waals surface area contributed by atoms with E-state index >= 15 is 0 Å². The SMILES string of the molecule is COc1ccc(-c2ccc(C3CC(C)(C)N([O])C(C)(C)C3)cc2)cc1. The maximum atomic E-state index is 12.5. The predicted molar refractivity (Wildman–Crippen MR) is 101 cm³/mol. The highest BCUT2D eigenvalue weighted by molar-refractivity contribution is 5.64. The van der Waals surface area contributed by atoms with Gasteiger partial charge in [-0.05, 0) is 75.3 Å². The van der Waals surface area contributed by atoms with Crippen molar-refractivity contribution in [2.24, 2.45) is 0 Å². The van der Waals surface area contributed by atoms with Crippen LogP contribution in [-0.4, -0.2) is 23.3 Å². The molecule has 25 heavy (non-hydrogen) atoms. The highest BCUT2D eigenvalue weighted by atomic mass is 16.5. The molecule has 1 saturated heterocycles. The molecule has 0 atom stereocenters. The molecular formula is C22H28NO2. The minimum Gasteiger partial charge on any atom is -0.497 e. The Labute approximate surface area is 151 Å². The van der Waals surface area contributed by atoms with Crippen molar-refractivity contribution in [1.82, 2.24) is 5.06 Å². The largest absolute Gasteiger partial charge is 0.497 e. The molecule has 1 heterocycles. The van der Waals surface area contributed by atoms with Crippen LogP contribution in [0.1, 0.15) is 52.0 Å². The van der Waals surface area contributed by atoms with Crippen LogP contribution >= 0.6 is 0 Å². The molecule has 3 nitrogen and oxygen atoms in total. The Morgan fingerprint density at radius 3 is 1.72 bits per heavy atom. The van der Waals surface area contributed by atoms with Crippen molar-refractivity contribution in [3.8, 4) is 16.9 Å². The Morgan fingerprint density at radius 1 is 0.840 bits per heavy atom. The number of rotatable bonds is 3. The van der Waals surface area contributed by atoms with E-state index in [0.717, 1.165) is 18.6 Å². The summed E-state index contributed by atoms with van der Waals surface area (Å²) in [6.07, 6.45) is 1.78. The van der Waals surface area contributed by atoms with E-state index in [1.807, 2.05) is 12.1 Å². The lowest BCUT2D eigenvalue weighted by molar-refractivity contribution is -0.289. The predicted octanol–water partition coefficient (Wildman–Crippen LogP) is 5.44. The van der Waals surface area contributed by atoms with Crippen molar-refractivity contribution in [2.45, 2.75) is 57.5 Å². The van der Waals surface area contributed by atoms with E-state index in [0.29, 0.717) is 5.92 Å². The van der Waals surface area contributed by atoms with Crippen molar-refractivity contribution in [3.63, 3.8) is 0 Å². The number of nitrogens with zero attached hydrogens (tertiary/aromatic N) is 1. The quantitative estimate of drug-likeness (QED) is 0.746. The van der Waals surface area contributed by atoms with Crippen molar-refractivity contribution in [1.29, 1.82) is 0 Å². The monoisotopic (exact) mass is 338 g/mol. The molecule has 0 aromatic heterocycles. The summed E-state index contributed by atoms with van der Waals surface area (Å²) in [6.45, 7) is 8.22. The lowest BCUT2D eigenvalue weighted by atomic mass is 9.72. The van der Waals surface area contributed by atoms with Gasteiger partial charge in [-0.25, -0.2) is 0 Å². The van der Waals surface area contributed by atoms with Crippen LogP contribution in [-0.2, 0) is 5.21 Å². The van der Waals surface area contributed by atoms with Gasteiger partial charge < -0.3 is 4.74 Å². The zero-order valence-electron chi connectivity index (χ0n) is 15.9. The summed E-state index contributed by atoms with van der Waals surface area (Å²) in [4.78, 5) is 0. The van der Waals surface area contributed by atoms with Crippen LogP contribution < -0.4 is 4.74 Å². The molecular weight excluding hydrogens is 310 g/mol. The molecule has 0 amide bonds. The first kappa shape index (κ1) is 18.0. The first-order chi connectivity index (χ1) is 11.7. The van der Waals surface area contributed by atoms with Gasteiger partial charge in [0, 0.05) is 11.1 Å². The van der Waals surface area contributed by atoms with Crippen molar-refractivity contribution < 1.29 is 9.94 Å². The van der Waals surface area contributed by atoms with E-state index in [1.54, 1.807) is 7.11 Å². The number of hydrogen-bond acceptors (Lipinski definition) is 2. The third kappa shape index (κ3) is 3.58. The summed E-state index contributed by atoms with van der Waals surface area (Å²) < 4.78 is 5.22. The zero-order chi connectivity index (χ0) is 18.2. The van der Waals surface area contributed by atoms with Crippen LogP contribution in [0.4, 0.5) is 0 Å². The number of hydroxylamine groups is 2. The Hall–Kier alpha value is -1.84. The number of hydrogen-bond donors (Lipinski definition) is 0. The van der Waals surface area contributed by atoms with Crippen molar-refractivity contribution in [3.05, 3.63) is 54.1 Å². The molecule has 0 N–H and O–H groups in total. The van der Waals surface area contributed by atoms with Gasteiger partial charge in [0.25, 0.3) is 0 Å². The average Bonchev–Trinajstić information content (AvgIpc) is 2.59. The number of methoxy groups -OCH3 is 1. The smallest absolute Gasteiger partial charge is 0.118 e. The number of ether oxygens (including phenoxy) is 1. The van der Waals surface area contributed by atoms with Crippen molar-refractivity contribution >= 4 is 0 Å². The van der Waals surface area contributed by atoms with E-state index in [9.17, 15) is 5.21 Å². The average molecular weight is 338 g/mol. The van der Waals surface area contributed by atoms with Gasteiger partial charge in [-0.3, -0.25) is 0 Å². The lowest BCUT2D eigenvalue weighted by Gasteiger charge is -2.50. The maximum absolute atomic E-state index is 12.5. The molecule has 0 spiro atoms. The zero-order valence-corrected chi connectivity index (χ0v) is 15.9. The van der Waals surface area contributed by atoms with Gasteiger partial charge in [0.15, 0.2) is 0 Å². The second-order valence-corrected chi connectivity index (χ2v) is 8.37. The van der Waals surface area contributed by atoms with Crippen LogP contribution in [0.25, 0.3) is 11.1 Å². The van der Waals surface area contributed by atoms with E-state index in [2.05, 4.69) is 64.1 Å². The molecule has 2 aromatic carbocycles. The Balaban J connectivity index is 1.82. The second kappa shape index (κ2) is 6.47. The van der Waals surface area contributed by atoms with E-state index in [4.69, 9.17) is 4.74 Å². The van der Waals surface area contributed by atoms with Gasteiger partial charge in [0.05, 0.1) is 7.11 Å². The van der Waals surface area contributed by atoms with E-state index in [1.165, 1.54) is 21.8 Å². The fourth-order valence-corrected chi connectivity index (χ4v) is 4.23.